The molecule has 4 bridgehead atoms. The molecule has 1 unspecified atom stereocenters. The van der Waals surface area contributed by atoms with Crippen LogP contribution in [0.15, 0.2) is 12.8 Å². The van der Waals surface area contributed by atoms with Crippen LogP contribution in [0.25, 0.3) is 0 Å². The van der Waals surface area contributed by atoms with E-state index in [-0.39, 0.29) is 43.3 Å². The van der Waals surface area contributed by atoms with Crippen LogP contribution >= 0.6 is 0 Å². The average Bonchev–Trinajstić information content (AvgIpc) is 2.70. The molecule has 4 rings (SSSR count). The molecule has 0 amide bonds. The van der Waals surface area contributed by atoms with Gasteiger partial charge in [-0.05, 0) is 56.3 Å². The Morgan fingerprint density at radius 2 is 1.44 bits per heavy atom. The predicted molar refractivity (Wildman–Crippen MR) is 104 cm³/mol. The molecule has 1 atom stereocenters. The van der Waals surface area contributed by atoms with Crippen LogP contribution in [0, 0.1) is 23.2 Å². The Bertz CT molecular complexity index is 975. The lowest BCUT2D eigenvalue weighted by molar-refractivity contribution is -0.360. The molecule has 16 heteroatoms. The molecular formula is C20H23F7O8S. The summed E-state index contributed by atoms with van der Waals surface area (Å²) in [4.78, 5) is 25.4. The average molecular weight is 556 g/mol. The highest BCUT2D eigenvalue weighted by Crippen LogP contribution is 2.61. The monoisotopic (exact) mass is 556 g/mol. The number of halogens is 7. The van der Waals surface area contributed by atoms with Gasteiger partial charge in [0.2, 0.25) is 0 Å². The number of ether oxygens (including phenoxy) is 3. The molecule has 0 aliphatic heterocycles. The van der Waals surface area contributed by atoms with Gasteiger partial charge in [-0.3, -0.25) is 9.35 Å². The maximum Gasteiger partial charge on any atom is 0.468 e. The van der Waals surface area contributed by atoms with E-state index >= 15 is 0 Å². The summed E-state index contributed by atoms with van der Waals surface area (Å²) in [5.41, 5.74) is -1.38. The van der Waals surface area contributed by atoms with E-state index in [2.05, 4.69) is 20.8 Å². The van der Waals surface area contributed by atoms with Crippen molar-refractivity contribution < 1.29 is 67.5 Å². The molecule has 0 saturated heterocycles. The number of hydrogen-bond donors (Lipinski definition) is 1. The Kier molecular flexibility index (Phi) is 7.25. The van der Waals surface area contributed by atoms with Crippen LogP contribution in [0.1, 0.15) is 44.9 Å². The third-order valence-corrected chi connectivity index (χ3v) is 7.96. The lowest BCUT2D eigenvalue weighted by Crippen LogP contribution is -2.61. The van der Waals surface area contributed by atoms with E-state index < -0.39 is 63.6 Å². The van der Waals surface area contributed by atoms with Crippen molar-refractivity contribution in [3.05, 3.63) is 12.8 Å². The molecular weight excluding hydrogens is 533 g/mol. The largest absolute Gasteiger partial charge is 0.468 e. The standard InChI is InChI=1S/C20H23F7O8S/c1-2-33-15(29)18(19(23,24)25,34-4-3-17(21,22)20(26,27)36(30,31)32)35-14(28)16-8-11-5-12(9-16)7-13(6-11)10-16/h2,11-13H,1,3-10H2,(H,30,31,32). The molecule has 0 heterocycles. The van der Waals surface area contributed by atoms with E-state index in [0.717, 1.165) is 19.3 Å². The number of rotatable bonds is 10. The first-order valence-electron chi connectivity index (χ1n) is 10.8. The molecule has 4 aliphatic rings. The molecule has 0 aromatic rings. The summed E-state index contributed by atoms with van der Waals surface area (Å²) in [5.74, 6) is -14.0. The third kappa shape index (κ3) is 4.83. The Labute approximate surface area is 200 Å². The normalized spacial score (nSPS) is 29.9. The molecule has 36 heavy (non-hydrogen) atoms. The number of carbonyl (C=O) groups excluding carboxylic acids is 2. The molecule has 4 aliphatic carbocycles. The number of carbonyl (C=O) groups is 2. The highest BCUT2D eigenvalue weighted by molar-refractivity contribution is 7.87. The van der Waals surface area contributed by atoms with Gasteiger partial charge in [-0.1, -0.05) is 6.58 Å². The second-order valence-electron chi connectivity index (χ2n) is 9.57. The molecule has 0 radical (unpaired) electrons. The molecule has 0 aromatic heterocycles. The summed E-state index contributed by atoms with van der Waals surface area (Å²) in [7, 11) is -6.68. The quantitative estimate of drug-likeness (QED) is 0.140. The highest BCUT2D eigenvalue weighted by atomic mass is 32.2. The molecule has 4 fully saturated rings. The van der Waals surface area contributed by atoms with Crippen LogP contribution in [0.5, 0.6) is 0 Å². The van der Waals surface area contributed by atoms with Crippen LogP contribution in [-0.4, -0.2) is 54.7 Å². The van der Waals surface area contributed by atoms with Gasteiger partial charge in [0.15, 0.2) is 0 Å². The van der Waals surface area contributed by atoms with Crippen molar-refractivity contribution in [2.75, 3.05) is 6.61 Å². The van der Waals surface area contributed by atoms with Gasteiger partial charge in [0.1, 0.15) is 0 Å². The van der Waals surface area contributed by atoms with Gasteiger partial charge in [0.05, 0.1) is 18.3 Å². The Morgan fingerprint density at radius 3 is 1.83 bits per heavy atom. The minimum atomic E-state index is -6.68. The number of hydrogen-bond acceptors (Lipinski definition) is 7. The van der Waals surface area contributed by atoms with Crippen molar-refractivity contribution in [1.82, 2.24) is 0 Å². The second kappa shape index (κ2) is 9.11. The number of alkyl halides is 7. The molecule has 0 aromatic carbocycles. The molecule has 8 nitrogen and oxygen atoms in total. The summed E-state index contributed by atoms with van der Waals surface area (Å²) >= 11 is 0. The SMILES string of the molecule is C=COC(=O)C(OCCC(F)(F)C(F)(F)S(=O)(=O)O)(OC(=O)C12CC3CC(CC(C3)C1)C2)C(F)(F)F. The van der Waals surface area contributed by atoms with Crippen LogP contribution < -0.4 is 0 Å². The Balaban J connectivity index is 1.89. The van der Waals surface area contributed by atoms with Crippen LogP contribution in [0.2, 0.25) is 0 Å². The van der Waals surface area contributed by atoms with Crippen molar-refractivity contribution in [3.63, 3.8) is 0 Å². The lowest BCUT2D eigenvalue weighted by atomic mass is 9.49. The maximum atomic E-state index is 14.1. The van der Waals surface area contributed by atoms with Gasteiger partial charge in [-0.2, -0.15) is 39.2 Å². The summed E-state index contributed by atoms with van der Waals surface area (Å²) in [6.07, 6.45) is -5.26. The topological polar surface area (TPSA) is 116 Å². The zero-order valence-electron chi connectivity index (χ0n) is 18.5. The summed E-state index contributed by atoms with van der Waals surface area (Å²) < 4.78 is 139. The van der Waals surface area contributed by atoms with E-state index in [0.29, 0.717) is 0 Å². The van der Waals surface area contributed by atoms with Crippen molar-refractivity contribution >= 4 is 22.1 Å². The fourth-order valence-electron chi connectivity index (χ4n) is 5.80. The first kappa shape index (κ1) is 28.6. The van der Waals surface area contributed by atoms with Gasteiger partial charge < -0.3 is 14.2 Å². The molecule has 1 N–H and O–H groups in total. The maximum absolute atomic E-state index is 14.1. The van der Waals surface area contributed by atoms with E-state index in [1.807, 2.05) is 0 Å². The van der Waals surface area contributed by atoms with Crippen molar-refractivity contribution in [2.24, 2.45) is 23.2 Å². The van der Waals surface area contributed by atoms with E-state index in [4.69, 9.17) is 4.55 Å². The summed E-state index contributed by atoms with van der Waals surface area (Å²) in [6.45, 7) is 0.831. The van der Waals surface area contributed by atoms with Gasteiger partial charge in [-0.25, -0.2) is 4.79 Å². The van der Waals surface area contributed by atoms with Crippen molar-refractivity contribution in [2.45, 2.75) is 68.1 Å². The van der Waals surface area contributed by atoms with E-state index in [1.165, 1.54) is 0 Å². The van der Waals surface area contributed by atoms with Crippen LogP contribution in [0.4, 0.5) is 30.7 Å². The molecule has 4 saturated carbocycles. The summed E-state index contributed by atoms with van der Waals surface area (Å²) in [5, 5.41) is -6.10. The molecule has 0 spiro atoms. The smallest absolute Gasteiger partial charge is 0.430 e. The Morgan fingerprint density at radius 1 is 0.972 bits per heavy atom. The van der Waals surface area contributed by atoms with Gasteiger partial charge in [-0.15, -0.1) is 0 Å². The minimum Gasteiger partial charge on any atom is -0.430 e. The van der Waals surface area contributed by atoms with Crippen LogP contribution in [0.3, 0.4) is 0 Å². The lowest BCUT2D eigenvalue weighted by Gasteiger charge is -2.55. The second-order valence-corrected chi connectivity index (χ2v) is 11.0. The van der Waals surface area contributed by atoms with E-state index in [1.54, 1.807) is 0 Å². The third-order valence-electron chi connectivity index (χ3n) is 7.01. The van der Waals surface area contributed by atoms with E-state index in [9.17, 15) is 48.7 Å². The predicted octanol–water partition coefficient (Wildman–Crippen LogP) is 4.21. The van der Waals surface area contributed by atoms with Crippen molar-refractivity contribution in [1.29, 1.82) is 0 Å². The fraction of sp³-hybridized carbons (Fsp3) is 0.800. The first-order valence-corrected chi connectivity index (χ1v) is 12.2. The fourth-order valence-corrected chi connectivity index (χ4v) is 6.27. The van der Waals surface area contributed by atoms with Crippen molar-refractivity contribution in [3.8, 4) is 0 Å². The zero-order chi connectivity index (χ0) is 27.4. The zero-order valence-corrected chi connectivity index (χ0v) is 19.3. The van der Waals surface area contributed by atoms with Gasteiger partial charge >= 0.3 is 45.2 Å². The first-order chi connectivity index (χ1) is 16.3. The molecule has 206 valence electrons. The van der Waals surface area contributed by atoms with Gasteiger partial charge in [0.25, 0.3) is 0 Å². The highest BCUT2D eigenvalue weighted by Gasteiger charge is 2.71. The Hall–Kier alpha value is -1.94. The minimum absolute atomic E-state index is 0.0477. The summed E-state index contributed by atoms with van der Waals surface area (Å²) in [6, 6.07) is 0. The van der Waals surface area contributed by atoms with Crippen LogP contribution in [-0.2, 0) is 33.9 Å². The number of esters is 2. The van der Waals surface area contributed by atoms with Gasteiger partial charge in [0, 0.05) is 6.42 Å².